The largest absolute Gasteiger partial charge is 0.326 e. The number of hydrogen-bond donors (Lipinski definition) is 1. The van der Waals surface area contributed by atoms with Crippen molar-refractivity contribution in [3.63, 3.8) is 0 Å². The predicted molar refractivity (Wildman–Crippen MR) is 79.9 cm³/mol. The Morgan fingerprint density at radius 3 is 2.65 bits per heavy atom. The predicted octanol–water partition coefficient (Wildman–Crippen LogP) is 2.90. The molecule has 1 fully saturated rings. The van der Waals surface area contributed by atoms with E-state index in [0.29, 0.717) is 12.5 Å². The zero-order valence-corrected chi connectivity index (χ0v) is 12.4. The van der Waals surface area contributed by atoms with Crippen LogP contribution >= 0.6 is 0 Å². The Morgan fingerprint density at radius 1 is 1.30 bits per heavy atom. The van der Waals surface area contributed by atoms with E-state index >= 15 is 0 Å². The van der Waals surface area contributed by atoms with Crippen LogP contribution in [0.4, 0.5) is 0 Å². The molecular weight excluding hydrogens is 248 g/mol. The summed E-state index contributed by atoms with van der Waals surface area (Å²) in [6.07, 6.45) is 4.53. The molecule has 0 saturated heterocycles. The number of pyridine rings is 1. The summed E-state index contributed by atoms with van der Waals surface area (Å²) in [4.78, 5) is 4.76. The summed E-state index contributed by atoms with van der Waals surface area (Å²) in [7, 11) is 0. The third-order valence-electron chi connectivity index (χ3n) is 3.72. The summed E-state index contributed by atoms with van der Waals surface area (Å²) < 4.78 is 1.88. The molecule has 20 heavy (non-hydrogen) atoms. The SMILES string of the molecule is CC(C)(C)c1cc(CN)cc(-n2ccc(C3CC3)n2)n1. The zero-order valence-electron chi connectivity index (χ0n) is 12.4. The molecule has 0 aliphatic heterocycles. The molecule has 0 spiro atoms. The first-order chi connectivity index (χ1) is 9.47. The van der Waals surface area contributed by atoms with Crippen molar-refractivity contribution < 1.29 is 0 Å². The average Bonchev–Trinajstić information content (AvgIpc) is 3.15. The molecule has 106 valence electrons. The summed E-state index contributed by atoms with van der Waals surface area (Å²) in [5.41, 5.74) is 9.16. The van der Waals surface area contributed by atoms with Crippen molar-refractivity contribution in [1.82, 2.24) is 14.8 Å². The normalized spacial score (nSPS) is 15.6. The van der Waals surface area contributed by atoms with Gasteiger partial charge in [0.15, 0.2) is 5.82 Å². The maximum Gasteiger partial charge on any atom is 0.153 e. The van der Waals surface area contributed by atoms with Gasteiger partial charge in [0.2, 0.25) is 0 Å². The monoisotopic (exact) mass is 270 g/mol. The molecule has 2 aromatic rings. The summed E-state index contributed by atoms with van der Waals surface area (Å²) >= 11 is 0. The van der Waals surface area contributed by atoms with Crippen molar-refractivity contribution in [3.05, 3.63) is 41.3 Å². The minimum absolute atomic E-state index is 0.00635. The number of rotatable bonds is 3. The Labute approximate surface area is 120 Å². The minimum Gasteiger partial charge on any atom is -0.326 e. The molecule has 2 N–H and O–H groups in total. The standard InChI is InChI=1S/C16H22N4/c1-16(2,3)14-8-11(10-17)9-15(18-14)20-7-6-13(19-20)12-4-5-12/h6-9,12H,4-5,10,17H2,1-3H3. The fourth-order valence-corrected chi connectivity index (χ4v) is 2.25. The Balaban J connectivity index is 2.02. The molecule has 1 saturated carbocycles. The molecule has 1 aliphatic carbocycles. The van der Waals surface area contributed by atoms with Crippen LogP contribution in [-0.4, -0.2) is 14.8 Å². The Kier molecular flexibility index (Phi) is 3.13. The molecule has 1 aliphatic rings. The summed E-state index contributed by atoms with van der Waals surface area (Å²) in [5, 5.41) is 4.65. The van der Waals surface area contributed by atoms with Gasteiger partial charge in [0.05, 0.1) is 5.69 Å². The van der Waals surface area contributed by atoms with Crippen molar-refractivity contribution in [3.8, 4) is 5.82 Å². The van der Waals surface area contributed by atoms with Crippen molar-refractivity contribution in [2.45, 2.75) is 51.5 Å². The van der Waals surface area contributed by atoms with Crippen LogP contribution in [0.2, 0.25) is 0 Å². The molecule has 4 nitrogen and oxygen atoms in total. The molecule has 0 bridgehead atoms. The molecule has 0 atom stereocenters. The highest BCUT2D eigenvalue weighted by molar-refractivity contribution is 5.33. The number of aromatic nitrogens is 3. The topological polar surface area (TPSA) is 56.7 Å². The highest BCUT2D eigenvalue weighted by Gasteiger charge is 2.26. The van der Waals surface area contributed by atoms with Gasteiger partial charge in [-0.15, -0.1) is 0 Å². The molecule has 0 amide bonds. The smallest absolute Gasteiger partial charge is 0.153 e. The summed E-state index contributed by atoms with van der Waals surface area (Å²) in [5.74, 6) is 1.53. The molecule has 2 aromatic heterocycles. The van der Waals surface area contributed by atoms with Crippen LogP contribution in [-0.2, 0) is 12.0 Å². The minimum atomic E-state index is 0.00635. The van der Waals surface area contributed by atoms with Crippen molar-refractivity contribution in [2.75, 3.05) is 0 Å². The van der Waals surface area contributed by atoms with Gasteiger partial charge in [-0.1, -0.05) is 20.8 Å². The highest BCUT2D eigenvalue weighted by atomic mass is 15.3. The Morgan fingerprint density at radius 2 is 2.05 bits per heavy atom. The molecule has 0 unspecified atom stereocenters. The fraction of sp³-hybridized carbons (Fsp3) is 0.500. The van der Waals surface area contributed by atoms with E-state index in [1.165, 1.54) is 18.5 Å². The van der Waals surface area contributed by atoms with Gasteiger partial charge in [-0.25, -0.2) is 9.67 Å². The van der Waals surface area contributed by atoms with Crippen LogP contribution < -0.4 is 5.73 Å². The number of hydrogen-bond acceptors (Lipinski definition) is 3. The summed E-state index contributed by atoms with van der Waals surface area (Å²) in [6.45, 7) is 7.02. The molecular formula is C16H22N4. The van der Waals surface area contributed by atoms with Crippen molar-refractivity contribution in [2.24, 2.45) is 5.73 Å². The molecule has 0 aromatic carbocycles. The van der Waals surface area contributed by atoms with Crippen LogP contribution in [0, 0.1) is 0 Å². The average molecular weight is 270 g/mol. The van der Waals surface area contributed by atoms with Gasteiger partial charge in [0.25, 0.3) is 0 Å². The summed E-state index contributed by atoms with van der Waals surface area (Å²) in [6, 6.07) is 6.22. The van der Waals surface area contributed by atoms with Gasteiger partial charge in [0.1, 0.15) is 0 Å². The molecule has 4 heteroatoms. The van der Waals surface area contributed by atoms with Crippen molar-refractivity contribution >= 4 is 0 Å². The van der Waals surface area contributed by atoms with Crippen LogP contribution in [0.3, 0.4) is 0 Å². The van der Waals surface area contributed by atoms with Gasteiger partial charge in [-0.3, -0.25) is 0 Å². The molecule has 0 radical (unpaired) electrons. The third kappa shape index (κ3) is 2.61. The van der Waals surface area contributed by atoms with Crippen LogP contribution in [0.5, 0.6) is 0 Å². The first-order valence-corrected chi connectivity index (χ1v) is 7.25. The highest BCUT2D eigenvalue weighted by Crippen LogP contribution is 2.39. The maximum absolute atomic E-state index is 5.81. The maximum atomic E-state index is 5.81. The lowest BCUT2D eigenvalue weighted by molar-refractivity contribution is 0.564. The second-order valence-corrected chi connectivity index (χ2v) is 6.63. The van der Waals surface area contributed by atoms with Crippen molar-refractivity contribution in [1.29, 1.82) is 0 Å². The van der Waals surface area contributed by atoms with E-state index in [1.807, 2.05) is 16.9 Å². The van der Waals surface area contributed by atoms with Crippen LogP contribution in [0.1, 0.15) is 56.5 Å². The van der Waals surface area contributed by atoms with E-state index in [0.717, 1.165) is 17.1 Å². The van der Waals surface area contributed by atoms with E-state index in [1.54, 1.807) is 0 Å². The fourth-order valence-electron chi connectivity index (χ4n) is 2.25. The van der Waals surface area contributed by atoms with E-state index in [2.05, 4.69) is 38.0 Å². The number of nitrogens with two attached hydrogens (primary N) is 1. The quantitative estimate of drug-likeness (QED) is 0.933. The molecule has 2 heterocycles. The first-order valence-electron chi connectivity index (χ1n) is 7.25. The van der Waals surface area contributed by atoms with Gasteiger partial charge in [-0.05, 0) is 36.6 Å². The van der Waals surface area contributed by atoms with Gasteiger partial charge in [0, 0.05) is 29.8 Å². The van der Waals surface area contributed by atoms with Gasteiger partial charge >= 0.3 is 0 Å². The molecule has 3 rings (SSSR count). The lowest BCUT2D eigenvalue weighted by Crippen LogP contribution is -2.16. The van der Waals surface area contributed by atoms with Gasteiger partial charge in [-0.2, -0.15) is 5.10 Å². The second kappa shape index (κ2) is 4.70. The lowest BCUT2D eigenvalue weighted by atomic mass is 9.91. The van der Waals surface area contributed by atoms with E-state index in [9.17, 15) is 0 Å². The van der Waals surface area contributed by atoms with Gasteiger partial charge < -0.3 is 5.73 Å². The van der Waals surface area contributed by atoms with E-state index in [-0.39, 0.29) is 5.41 Å². The zero-order chi connectivity index (χ0) is 14.3. The van der Waals surface area contributed by atoms with Crippen LogP contribution in [0.15, 0.2) is 24.4 Å². The van der Waals surface area contributed by atoms with Crippen LogP contribution in [0.25, 0.3) is 5.82 Å². The number of nitrogens with zero attached hydrogens (tertiary/aromatic N) is 3. The first kappa shape index (κ1) is 13.3. The second-order valence-electron chi connectivity index (χ2n) is 6.63. The Hall–Kier alpha value is -1.68. The van der Waals surface area contributed by atoms with E-state index < -0.39 is 0 Å². The lowest BCUT2D eigenvalue weighted by Gasteiger charge is -2.19. The Bertz CT molecular complexity index is 618. The third-order valence-corrected chi connectivity index (χ3v) is 3.72. The van der Waals surface area contributed by atoms with E-state index in [4.69, 9.17) is 10.7 Å².